The van der Waals surface area contributed by atoms with Crippen LogP contribution >= 0.6 is 0 Å². The smallest absolute Gasteiger partial charge is 0.0642 e. The lowest BCUT2D eigenvalue weighted by Crippen LogP contribution is -2.36. The molecular formula is C23H24N2O. The van der Waals surface area contributed by atoms with E-state index >= 15 is 0 Å². The van der Waals surface area contributed by atoms with Crippen molar-refractivity contribution in [2.75, 3.05) is 36.5 Å². The average Bonchev–Trinajstić information content (AvgIpc) is 2.74. The van der Waals surface area contributed by atoms with Crippen LogP contribution in [0.4, 0.5) is 11.4 Å². The van der Waals surface area contributed by atoms with Crippen LogP contribution in [0.15, 0.2) is 78.9 Å². The number of hydrogen-bond donors (Lipinski definition) is 1. The van der Waals surface area contributed by atoms with Gasteiger partial charge in [0.05, 0.1) is 13.2 Å². The quantitative estimate of drug-likeness (QED) is 0.719. The summed E-state index contributed by atoms with van der Waals surface area (Å²) < 4.78 is 5.51. The van der Waals surface area contributed by atoms with Gasteiger partial charge in [-0.15, -0.1) is 0 Å². The van der Waals surface area contributed by atoms with Gasteiger partial charge < -0.3 is 15.0 Å². The molecule has 3 aromatic carbocycles. The van der Waals surface area contributed by atoms with Crippen molar-refractivity contribution in [3.8, 4) is 11.1 Å². The number of hydrogen-bond acceptors (Lipinski definition) is 3. The third kappa shape index (κ3) is 3.89. The molecule has 4 rings (SSSR count). The molecule has 0 unspecified atom stereocenters. The molecule has 0 spiro atoms. The number of rotatable bonds is 5. The number of nitrogens with zero attached hydrogens (tertiary/aromatic N) is 1. The summed E-state index contributed by atoms with van der Waals surface area (Å²) >= 11 is 0. The van der Waals surface area contributed by atoms with E-state index in [-0.39, 0.29) is 0 Å². The molecule has 1 saturated heterocycles. The maximum atomic E-state index is 5.51. The zero-order valence-electron chi connectivity index (χ0n) is 14.9. The summed E-state index contributed by atoms with van der Waals surface area (Å²) in [5.41, 5.74) is 6.23. The van der Waals surface area contributed by atoms with Crippen LogP contribution in [0.25, 0.3) is 11.1 Å². The van der Waals surface area contributed by atoms with Crippen LogP contribution in [-0.4, -0.2) is 26.3 Å². The van der Waals surface area contributed by atoms with Gasteiger partial charge in [-0.1, -0.05) is 60.7 Å². The molecule has 0 aromatic heterocycles. The third-order valence-electron chi connectivity index (χ3n) is 4.77. The molecule has 1 aliphatic rings. The van der Waals surface area contributed by atoms with Crippen LogP contribution in [0.3, 0.4) is 0 Å². The minimum atomic E-state index is 0.799. The molecule has 1 heterocycles. The van der Waals surface area contributed by atoms with E-state index in [4.69, 9.17) is 4.74 Å². The Morgan fingerprint density at radius 1 is 0.808 bits per heavy atom. The Hall–Kier alpha value is -2.78. The van der Waals surface area contributed by atoms with Crippen molar-refractivity contribution in [1.82, 2.24) is 0 Å². The number of benzene rings is 3. The molecule has 1 fully saturated rings. The van der Waals surface area contributed by atoms with Gasteiger partial charge in [-0.05, 0) is 29.3 Å². The van der Waals surface area contributed by atoms with Gasteiger partial charge in [0.25, 0.3) is 0 Å². The van der Waals surface area contributed by atoms with Gasteiger partial charge >= 0.3 is 0 Å². The van der Waals surface area contributed by atoms with Crippen LogP contribution in [0.1, 0.15) is 5.56 Å². The van der Waals surface area contributed by atoms with E-state index in [1.54, 1.807) is 0 Å². The van der Waals surface area contributed by atoms with Gasteiger partial charge in [0.2, 0.25) is 0 Å². The highest BCUT2D eigenvalue weighted by Crippen LogP contribution is 2.32. The van der Waals surface area contributed by atoms with Crippen molar-refractivity contribution in [3.63, 3.8) is 0 Å². The van der Waals surface area contributed by atoms with Gasteiger partial charge in [-0.2, -0.15) is 0 Å². The van der Waals surface area contributed by atoms with Gasteiger partial charge in [0, 0.05) is 36.6 Å². The molecule has 1 aliphatic heterocycles. The predicted octanol–water partition coefficient (Wildman–Crippen LogP) is 4.80. The summed E-state index contributed by atoms with van der Waals surface area (Å²) in [6.45, 7) is 4.32. The molecule has 0 atom stereocenters. The van der Waals surface area contributed by atoms with Crippen molar-refractivity contribution in [2.45, 2.75) is 6.54 Å². The maximum absolute atomic E-state index is 5.51. The normalized spacial score (nSPS) is 14.2. The van der Waals surface area contributed by atoms with Crippen LogP contribution < -0.4 is 10.2 Å². The molecule has 0 saturated carbocycles. The second-order valence-corrected chi connectivity index (χ2v) is 6.54. The molecule has 0 aliphatic carbocycles. The molecule has 0 amide bonds. The number of anilines is 2. The first-order valence-electron chi connectivity index (χ1n) is 9.20. The fourth-order valence-corrected chi connectivity index (χ4v) is 3.39. The number of morpholine rings is 1. The van der Waals surface area contributed by atoms with E-state index in [1.807, 2.05) is 6.07 Å². The Bertz CT molecular complexity index is 842. The molecule has 1 N–H and O–H groups in total. The predicted molar refractivity (Wildman–Crippen MR) is 109 cm³/mol. The second-order valence-electron chi connectivity index (χ2n) is 6.54. The number of nitrogens with one attached hydrogen (secondary N) is 1. The van der Waals surface area contributed by atoms with Crippen LogP contribution in [0, 0.1) is 0 Å². The first-order valence-corrected chi connectivity index (χ1v) is 9.20. The SMILES string of the molecule is c1ccc(CNc2cccc(-c3ccccc3N3CCOCC3)c2)cc1. The van der Waals surface area contributed by atoms with E-state index in [1.165, 1.54) is 22.4 Å². The monoisotopic (exact) mass is 344 g/mol. The summed E-state index contributed by atoms with van der Waals surface area (Å²) in [7, 11) is 0. The summed E-state index contributed by atoms with van der Waals surface area (Å²) in [4.78, 5) is 2.42. The van der Waals surface area contributed by atoms with E-state index in [9.17, 15) is 0 Å². The molecule has 3 nitrogen and oxygen atoms in total. The van der Waals surface area contributed by atoms with Gasteiger partial charge in [-0.25, -0.2) is 0 Å². The van der Waals surface area contributed by atoms with E-state index in [0.717, 1.165) is 38.5 Å². The topological polar surface area (TPSA) is 24.5 Å². The molecule has 3 aromatic rings. The number of para-hydroxylation sites is 1. The summed E-state index contributed by atoms with van der Waals surface area (Å²) in [6, 6.07) is 27.8. The lowest BCUT2D eigenvalue weighted by molar-refractivity contribution is 0.123. The van der Waals surface area contributed by atoms with E-state index in [2.05, 4.69) is 83.0 Å². The lowest BCUT2D eigenvalue weighted by Gasteiger charge is -2.30. The van der Waals surface area contributed by atoms with Gasteiger partial charge in [-0.3, -0.25) is 0 Å². The highest BCUT2D eigenvalue weighted by Gasteiger charge is 2.15. The Labute approximate surface area is 155 Å². The molecular weight excluding hydrogens is 320 g/mol. The Balaban J connectivity index is 1.56. The molecule has 26 heavy (non-hydrogen) atoms. The highest BCUT2D eigenvalue weighted by molar-refractivity contribution is 5.80. The highest BCUT2D eigenvalue weighted by atomic mass is 16.5. The average molecular weight is 344 g/mol. The zero-order valence-corrected chi connectivity index (χ0v) is 14.9. The fourth-order valence-electron chi connectivity index (χ4n) is 3.39. The summed E-state index contributed by atoms with van der Waals surface area (Å²) in [6.07, 6.45) is 0. The second kappa shape index (κ2) is 8.07. The summed E-state index contributed by atoms with van der Waals surface area (Å²) in [5.74, 6) is 0. The van der Waals surface area contributed by atoms with E-state index < -0.39 is 0 Å². The fraction of sp³-hybridized carbons (Fsp3) is 0.217. The zero-order chi connectivity index (χ0) is 17.6. The largest absolute Gasteiger partial charge is 0.381 e. The van der Waals surface area contributed by atoms with Crippen molar-refractivity contribution < 1.29 is 4.74 Å². The van der Waals surface area contributed by atoms with Crippen molar-refractivity contribution in [1.29, 1.82) is 0 Å². The molecule has 3 heteroatoms. The third-order valence-corrected chi connectivity index (χ3v) is 4.77. The van der Waals surface area contributed by atoms with Crippen molar-refractivity contribution >= 4 is 11.4 Å². The van der Waals surface area contributed by atoms with Gasteiger partial charge in [0.1, 0.15) is 0 Å². The molecule has 0 bridgehead atoms. The molecule has 0 radical (unpaired) electrons. The van der Waals surface area contributed by atoms with E-state index in [0.29, 0.717) is 0 Å². The Morgan fingerprint density at radius 2 is 1.58 bits per heavy atom. The Morgan fingerprint density at radius 3 is 2.42 bits per heavy atom. The molecule has 132 valence electrons. The van der Waals surface area contributed by atoms with Crippen LogP contribution in [-0.2, 0) is 11.3 Å². The summed E-state index contributed by atoms with van der Waals surface area (Å²) in [5, 5.41) is 3.54. The van der Waals surface area contributed by atoms with Crippen molar-refractivity contribution in [3.05, 3.63) is 84.4 Å². The first-order chi connectivity index (χ1) is 12.9. The van der Waals surface area contributed by atoms with Gasteiger partial charge in [0.15, 0.2) is 0 Å². The van der Waals surface area contributed by atoms with Crippen LogP contribution in [0.5, 0.6) is 0 Å². The first kappa shape index (κ1) is 16.7. The minimum Gasteiger partial charge on any atom is -0.381 e. The minimum absolute atomic E-state index is 0.799. The van der Waals surface area contributed by atoms with Crippen LogP contribution in [0.2, 0.25) is 0 Å². The lowest BCUT2D eigenvalue weighted by atomic mass is 10.0. The maximum Gasteiger partial charge on any atom is 0.0642 e. The standard InChI is InChI=1S/C23H24N2O/c1-2-7-19(8-3-1)18-24-21-10-6-9-20(17-21)22-11-4-5-12-23(22)25-13-15-26-16-14-25/h1-12,17,24H,13-16,18H2. The Kier molecular flexibility index (Phi) is 5.17. The van der Waals surface area contributed by atoms with Crippen molar-refractivity contribution in [2.24, 2.45) is 0 Å². The number of ether oxygens (including phenoxy) is 1.